The highest BCUT2D eigenvalue weighted by molar-refractivity contribution is 5.96. The van der Waals surface area contributed by atoms with Crippen LogP contribution < -0.4 is 5.32 Å². The second-order valence-electron chi connectivity index (χ2n) is 6.15. The van der Waals surface area contributed by atoms with Crippen LogP contribution in [0.4, 0.5) is 5.69 Å². The number of anilines is 1. The van der Waals surface area contributed by atoms with Crippen LogP contribution in [0.1, 0.15) is 36.7 Å². The van der Waals surface area contributed by atoms with E-state index in [0.717, 1.165) is 16.8 Å². The van der Waals surface area contributed by atoms with Gasteiger partial charge in [-0.1, -0.05) is 0 Å². The summed E-state index contributed by atoms with van der Waals surface area (Å²) in [4.78, 5) is 14.6. The van der Waals surface area contributed by atoms with Gasteiger partial charge in [0.25, 0.3) is 5.91 Å². The number of carbonyl (C=O) groups is 1. The van der Waals surface area contributed by atoms with E-state index in [2.05, 4.69) is 5.32 Å². The van der Waals surface area contributed by atoms with E-state index in [-0.39, 0.29) is 17.6 Å². The van der Waals surface area contributed by atoms with Crippen molar-refractivity contribution in [3.8, 4) is 0 Å². The first kappa shape index (κ1) is 14.9. The minimum absolute atomic E-state index is 0.0691. The number of benzene rings is 1. The Labute approximate surface area is 121 Å². The molecule has 1 heterocycles. The maximum atomic E-state index is 12.7. The van der Waals surface area contributed by atoms with E-state index in [9.17, 15) is 4.79 Å². The molecule has 1 aliphatic rings. The summed E-state index contributed by atoms with van der Waals surface area (Å²) in [6.07, 6.45) is 0.0691. The number of amides is 1. The molecule has 1 fully saturated rings. The summed E-state index contributed by atoms with van der Waals surface area (Å²) >= 11 is 0. The minimum Gasteiger partial charge on any atom is -0.388 e. The third kappa shape index (κ3) is 3.12. The van der Waals surface area contributed by atoms with Crippen molar-refractivity contribution in [2.45, 2.75) is 39.4 Å². The Morgan fingerprint density at radius 2 is 2.15 bits per heavy atom. The highest BCUT2D eigenvalue weighted by Crippen LogP contribution is 2.24. The largest absolute Gasteiger partial charge is 0.388 e. The zero-order valence-corrected chi connectivity index (χ0v) is 13.0. The second kappa shape index (κ2) is 5.44. The fourth-order valence-electron chi connectivity index (χ4n) is 2.84. The molecule has 1 N–H and O–H groups in total. The maximum Gasteiger partial charge on any atom is 0.254 e. The Morgan fingerprint density at radius 3 is 2.70 bits per heavy atom. The summed E-state index contributed by atoms with van der Waals surface area (Å²) in [5, 5.41) is 3.09. The standard InChI is InChI=1S/C16H24N2O2/c1-11-8-13(17-5)6-7-14(11)15(19)18-9-12(2)20-16(3,4)10-18/h6-8,12,17H,9-10H2,1-5H3. The first-order chi connectivity index (χ1) is 9.32. The highest BCUT2D eigenvalue weighted by atomic mass is 16.5. The van der Waals surface area contributed by atoms with Gasteiger partial charge in [0.1, 0.15) is 0 Å². The van der Waals surface area contributed by atoms with Crippen LogP contribution in [0.25, 0.3) is 0 Å². The monoisotopic (exact) mass is 276 g/mol. The number of hydrogen-bond acceptors (Lipinski definition) is 3. The van der Waals surface area contributed by atoms with Crippen molar-refractivity contribution in [2.24, 2.45) is 0 Å². The molecule has 0 aliphatic carbocycles. The number of carbonyl (C=O) groups excluding carboxylic acids is 1. The zero-order chi connectivity index (χ0) is 14.9. The molecule has 0 saturated carbocycles. The molecule has 4 nitrogen and oxygen atoms in total. The van der Waals surface area contributed by atoms with Gasteiger partial charge in [-0.15, -0.1) is 0 Å². The van der Waals surface area contributed by atoms with Crippen molar-refractivity contribution in [3.63, 3.8) is 0 Å². The van der Waals surface area contributed by atoms with Crippen LogP contribution in [0.15, 0.2) is 18.2 Å². The predicted octanol–water partition coefficient (Wildman–Crippen LogP) is 2.68. The molecule has 1 unspecified atom stereocenters. The van der Waals surface area contributed by atoms with E-state index in [1.54, 1.807) is 0 Å². The van der Waals surface area contributed by atoms with Crippen molar-refractivity contribution < 1.29 is 9.53 Å². The number of nitrogens with zero attached hydrogens (tertiary/aromatic N) is 1. The molecular formula is C16H24N2O2. The molecule has 1 aromatic rings. The van der Waals surface area contributed by atoms with Gasteiger partial charge >= 0.3 is 0 Å². The summed E-state index contributed by atoms with van der Waals surface area (Å²) in [6.45, 7) is 9.32. The SMILES string of the molecule is CNc1ccc(C(=O)N2CC(C)OC(C)(C)C2)c(C)c1. The van der Waals surface area contributed by atoms with Gasteiger partial charge in [0.2, 0.25) is 0 Å². The first-order valence-corrected chi connectivity index (χ1v) is 7.08. The number of hydrogen-bond donors (Lipinski definition) is 1. The molecule has 0 bridgehead atoms. The fraction of sp³-hybridized carbons (Fsp3) is 0.562. The van der Waals surface area contributed by atoms with Crippen molar-refractivity contribution >= 4 is 11.6 Å². The maximum absolute atomic E-state index is 12.7. The van der Waals surface area contributed by atoms with E-state index < -0.39 is 0 Å². The average molecular weight is 276 g/mol. The van der Waals surface area contributed by atoms with E-state index in [0.29, 0.717) is 13.1 Å². The number of nitrogens with one attached hydrogen (secondary N) is 1. The molecule has 1 atom stereocenters. The van der Waals surface area contributed by atoms with Gasteiger partial charge in [-0.05, 0) is 51.5 Å². The van der Waals surface area contributed by atoms with Crippen molar-refractivity contribution in [2.75, 3.05) is 25.5 Å². The van der Waals surface area contributed by atoms with E-state index in [4.69, 9.17) is 4.74 Å². The van der Waals surface area contributed by atoms with Crippen LogP contribution >= 0.6 is 0 Å². The zero-order valence-electron chi connectivity index (χ0n) is 13.0. The third-order valence-corrected chi connectivity index (χ3v) is 3.60. The third-order valence-electron chi connectivity index (χ3n) is 3.60. The summed E-state index contributed by atoms with van der Waals surface area (Å²) in [5.41, 5.74) is 2.51. The van der Waals surface area contributed by atoms with Gasteiger partial charge in [0.05, 0.1) is 11.7 Å². The first-order valence-electron chi connectivity index (χ1n) is 7.08. The van der Waals surface area contributed by atoms with Gasteiger partial charge in [0, 0.05) is 31.4 Å². The van der Waals surface area contributed by atoms with Gasteiger partial charge < -0.3 is 15.0 Å². The highest BCUT2D eigenvalue weighted by Gasteiger charge is 2.34. The molecule has 4 heteroatoms. The number of ether oxygens (including phenoxy) is 1. The van der Waals surface area contributed by atoms with Gasteiger partial charge in [-0.3, -0.25) is 4.79 Å². The Hall–Kier alpha value is -1.55. The van der Waals surface area contributed by atoms with Gasteiger partial charge in [-0.2, -0.15) is 0 Å². The molecule has 1 aliphatic heterocycles. The molecular weight excluding hydrogens is 252 g/mol. The average Bonchev–Trinajstić information content (AvgIpc) is 2.35. The smallest absolute Gasteiger partial charge is 0.254 e. The minimum atomic E-state index is -0.286. The van der Waals surface area contributed by atoms with E-state index in [1.165, 1.54) is 0 Å². The number of rotatable bonds is 2. The Morgan fingerprint density at radius 1 is 1.45 bits per heavy atom. The van der Waals surface area contributed by atoms with Crippen LogP contribution in [-0.2, 0) is 4.74 Å². The second-order valence-corrected chi connectivity index (χ2v) is 6.15. The predicted molar refractivity (Wildman–Crippen MR) is 81.3 cm³/mol. The van der Waals surface area contributed by atoms with Gasteiger partial charge in [-0.25, -0.2) is 0 Å². The molecule has 20 heavy (non-hydrogen) atoms. The molecule has 0 aromatic heterocycles. The Kier molecular flexibility index (Phi) is 4.04. The van der Waals surface area contributed by atoms with Crippen molar-refractivity contribution in [1.82, 2.24) is 4.90 Å². The number of morpholine rings is 1. The lowest BCUT2D eigenvalue weighted by atomic mass is 10.0. The topological polar surface area (TPSA) is 41.6 Å². The van der Waals surface area contributed by atoms with Crippen molar-refractivity contribution in [1.29, 1.82) is 0 Å². The van der Waals surface area contributed by atoms with Crippen LogP contribution in [-0.4, -0.2) is 42.6 Å². The Balaban J connectivity index is 2.23. The molecule has 1 amide bonds. The van der Waals surface area contributed by atoms with Crippen molar-refractivity contribution in [3.05, 3.63) is 29.3 Å². The van der Waals surface area contributed by atoms with Gasteiger partial charge in [0.15, 0.2) is 0 Å². The summed E-state index contributed by atoms with van der Waals surface area (Å²) in [5.74, 6) is 0.0911. The van der Waals surface area contributed by atoms with Crippen LogP contribution in [0.3, 0.4) is 0 Å². The molecule has 110 valence electrons. The fourth-order valence-corrected chi connectivity index (χ4v) is 2.84. The molecule has 1 aromatic carbocycles. The summed E-state index contributed by atoms with van der Waals surface area (Å²) < 4.78 is 5.85. The van der Waals surface area contributed by atoms with E-state index in [1.807, 2.05) is 57.8 Å². The van der Waals surface area contributed by atoms with Crippen LogP contribution in [0, 0.1) is 6.92 Å². The Bertz CT molecular complexity index is 511. The normalized spacial score (nSPS) is 21.6. The van der Waals surface area contributed by atoms with Crippen LogP contribution in [0.2, 0.25) is 0 Å². The summed E-state index contributed by atoms with van der Waals surface area (Å²) in [6, 6.07) is 5.84. The lowest BCUT2D eigenvalue weighted by molar-refractivity contribution is -0.118. The molecule has 0 radical (unpaired) electrons. The molecule has 0 spiro atoms. The lowest BCUT2D eigenvalue weighted by Crippen LogP contribution is -2.53. The molecule has 2 rings (SSSR count). The van der Waals surface area contributed by atoms with Crippen LogP contribution in [0.5, 0.6) is 0 Å². The summed E-state index contributed by atoms with van der Waals surface area (Å²) in [7, 11) is 1.88. The van der Waals surface area contributed by atoms with E-state index >= 15 is 0 Å². The quantitative estimate of drug-likeness (QED) is 0.903. The number of aryl methyl sites for hydroxylation is 1. The lowest BCUT2D eigenvalue weighted by Gasteiger charge is -2.41. The molecule has 1 saturated heterocycles.